The molecule has 64 valence electrons. The Labute approximate surface area is 71.9 Å². The van der Waals surface area contributed by atoms with Crippen LogP contribution in [0.15, 0.2) is 18.2 Å². The minimum absolute atomic E-state index is 0.596. The molecule has 0 radical (unpaired) electrons. The molecule has 0 saturated heterocycles. The van der Waals surface area contributed by atoms with Crippen molar-refractivity contribution >= 4 is 23.1 Å². The summed E-state index contributed by atoms with van der Waals surface area (Å²) < 4.78 is 0. The van der Waals surface area contributed by atoms with Crippen LogP contribution in [-0.4, -0.2) is 0 Å². The zero-order valence-corrected chi connectivity index (χ0v) is 7.04. The summed E-state index contributed by atoms with van der Waals surface area (Å²) in [6, 6.07) is 3.40. The summed E-state index contributed by atoms with van der Waals surface area (Å²) in [5.41, 5.74) is 19.6. The van der Waals surface area contributed by atoms with Crippen LogP contribution < -0.4 is 17.2 Å². The van der Waals surface area contributed by atoms with Crippen LogP contribution in [0.2, 0.25) is 0 Å². The highest BCUT2D eigenvalue weighted by atomic mass is 14.7. The highest BCUT2D eigenvalue weighted by Crippen LogP contribution is 2.24. The molecule has 1 aromatic carbocycles. The Kier molecular flexibility index (Phi) is 2.24. The number of anilines is 3. The van der Waals surface area contributed by atoms with Gasteiger partial charge in [-0.1, -0.05) is 12.2 Å². The van der Waals surface area contributed by atoms with Gasteiger partial charge in [-0.15, -0.1) is 0 Å². The molecule has 3 nitrogen and oxygen atoms in total. The van der Waals surface area contributed by atoms with Gasteiger partial charge in [0, 0.05) is 22.6 Å². The van der Waals surface area contributed by atoms with E-state index in [-0.39, 0.29) is 0 Å². The predicted octanol–water partition coefficient (Wildman–Crippen LogP) is 1.47. The van der Waals surface area contributed by atoms with E-state index < -0.39 is 0 Å². The smallest absolute Gasteiger partial charge is 0.0429 e. The summed E-state index contributed by atoms with van der Waals surface area (Å²) in [4.78, 5) is 0. The Morgan fingerprint density at radius 3 is 2.00 bits per heavy atom. The molecule has 0 aliphatic heterocycles. The van der Waals surface area contributed by atoms with Crippen molar-refractivity contribution in [3.63, 3.8) is 0 Å². The molecule has 6 N–H and O–H groups in total. The van der Waals surface area contributed by atoms with E-state index in [9.17, 15) is 0 Å². The Bertz CT molecular complexity index is 293. The standard InChI is InChI=1S/C9H13N3/c1-2-3-7-8(11)4-6(10)5-9(7)12/h2-5H,10-12H2,1H3/b3-2+. The van der Waals surface area contributed by atoms with Crippen molar-refractivity contribution in [2.45, 2.75) is 6.92 Å². The monoisotopic (exact) mass is 163 g/mol. The third-order valence-corrected chi connectivity index (χ3v) is 1.60. The molecular weight excluding hydrogens is 150 g/mol. The summed E-state index contributed by atoms with van der Waals surface area (Å²) in [7, 11) is 0. The second-order valence-corrected chi connectivity index (χ2v) is 2.61. The van der Waals surface area contributed by atoms with Crippen LogP contribution in [0.5, 0.6) is 0 Å². The molecule has 0 aliphatic carbocycles. The van der Waals surface area contributed by atoms with E-state index in [0.717, 1.165) is 5.56 Å². The molecule has 0 atom stereocenters. The van der Waals surface area contributed by atoms with Crippen LogP contribution in [0.25, 0.3) is 6.08 Å². The molecule has 1 rings (SSSR count). The Morgan fingerprint density at radius 1 is 1.08 bits per heavy atom. The minimum Gasteiger partial charge on any atom is -0.399 e. The van der Waals surface area contributed by atoms with Gasteiger partial charge < -0.3 is 17.2 Å². The van der Waals surface area contributed by atoms with Crippen LogP contribution >= 0.6 is 0 Å². The fourth-order valence-electron chi connectivity index (χ4n) is 1.08. The first-order chi connectivity index (χ1) is 5.65. The van der Waals surface area contributed by atoms with Gasteiger partial charge in [0.05, 0.1) is 0 Å². The number of benzene rings is 1. The van der Waals surface area contributed by atoms with Gasteiger partial charge in [-0.05, 0) is 19.1 Å². The van der Waals surface area contributed by atoms with E-state index in [2.05, 4.69) is 0 Å². The molecule has 12 heavy (non-hydrogen) atoms. The molecule has 1 aromatic rings. The fourth-order valence-corrected chi connectivity index (χ4v) is 1.08. The number of nitrogen functional groups attached to an aromatic ring is 3. The quantitative estimate of drug-likeness (QED) is 0.548. The van der Waals surface area contributed by atoms with E-state index in [0.29, 0.717) is 17.1 Å². The van der Waals surface area contributed by atoms with Crippen LogP contribution in [0.1, 0.15) is 12.5 Å². The highest BCUT2D eigenvalue weighted by molar-refractivity contribution is 5.79. The van der Waals surface area contributed by atoms with Crippen molar-refractivity contribution in [2.75, 3.05) is 17.2 Å². The van der Waals surface area contributed by atoms with Crippen molar-refractivity contribution in [1.29, 1.82) is 0 Å². The van der Waals surface area contributed by atoms with Crippen LogP contribution in [0.4, 0.5) is 17.1 Å². The lowest BCUT2D eigenvalue weighted by Gasteiger charge is -2.05. The molecule has 3 heteroatoms. The van der Waals surface area contributed by atoms with Gasteiger partial charge in [-0.25, -0.2) is 0 Å². The molecule has 0 bridgehead atoms. The molecular formula is C9H13N3. The summed E-state index contributed by atoms with van der Waals surface area (Å²) >= 11 is 0. The van der Waals surface area contributed by atoms with Crippen LogP contribution in [-0.2, 0) is 0 Å². The number of rotatable bonds is 1. The van der Waals surface area contributed by atoms with E-state index in [1.807, 2.05) is 19.1 Å². The van der Waals surface area contributed by atoms with Crippen molar-refractivity contribution in [3.8, 4) is 0 Å². The average Bonchev–Trinajstić information content (AvgIpc) is 1.96. The largest absolute Gasteiger partial charge is 0.399 e. The lowest BCUT2D eigenvalue weighted by atomic mass is 10.1. The minimum atomic E-state index is 0.596. The average molecular weight is 163 g/mol. The number of allylic oxidation sites excluding steroid dienone is 1. The molecule has 0 aliphatic rings. The first-order valence-electron chi connectivity index (χ1n) is 3.72. The zero-order valence-electron chi connectivity index (χ0n) is 7.04. The lowest BCUT2D eigenvalue weighted by Crippen LogP contribution is -1.98. The molecule has 0 saturated carbocycles. The second-order valence-electron chi connectivity index (χ2n) is 2.61. The van der Waals surface area contributed by atoms with Gasteiger partial charge in [0.1, 0.15) is 0 Å². The Morgan fingerprint density at radius 2 is 1.58 bits per heavy atom. The van der Waals surface area contributed by atoms with Gasteiger partial charge in [-0.3, -0.25) is 0 Å². The van der Waals surface area contributed by atoms with Crippen molar-refractivity contribution in [3.05, 3.63) is 23.8 Å². The van der Waals surface area contributed by atoms with Crippen LogP contribution in [0.3, 0.4) is 0 Å². The summed E-state index contributed by atoms with van der Waals surface area (Å²) in [5.74, 6) is 0. The third kappa shape index (κ3) is 1.50. The molecule has 0 unspecified atom stereocenters. The topological polar surface area (TPSA) is 78.1 Å². The highest BCUT2D eigenvalue weighted by Gasteiger charge is 2.00. The van der Waals surface area contributed by atoms with Crippen molar-refractivity contribution < 1.29 is 0 Å². The number of hydrogen-bond donors (Lipinski definition) is 3. The van der Waals surface area contributed by atoms with E-state index in [1.54, 1.807) is 12.1 Å². The van der Waals surface area contributed by atoms with Crippen molar-refractivity contribution in [2.24, 2.45) is 0 Å². The molecule has 0 heterocycles. The molecule has 0 aromatic heterocycles. The number of hydrogen-bond acceptors (Lipinski definition) is 3. The van der Waals surface area contributed by atoms with Gasteiger partial charge in [0.2, 0.25) is 0 Å². The molecule has 0 fully saturated rings. The first-order valence-corrected chi connectivity index (χ1v) is 3.72. The molecule has 0 spiro atoms. The van der Waals surface area contributed by atoms with Gasteiger partial charge in [0.15, 0.2) is 0 Å². The van der Waals surface area contributed by atoms with E-state index >= 15 is 0 Å². The Balaban J connectivity index is 3.28. The fraction of sp³-hybridized carbons (Fsp3) is 0.111. The Hall–Kier alpha value is -1.64. The SMILES string of the molecule is C/C=C/c1c(N)cc(N)cc1N. The second kappa shape index (κ2) is 3.17. The summed E-state index contributed by atoms with van der Waals surface area (Å²) in [6.45, 7) is 1.91. The summed E-state index contributed by atoms with van der Waals surface area (Å²) in [6.07, 6.45) is 3.75. The maximum absolute atomic E-state index is 5.70. The lowest BCUT2D eigenvalue weighted by molar-refractivity contribution is 1.60. The normalized spacial score (nSPS) is 10.8. The van der Waals surface area contributed by atoms with Gasteiger partial charge >= 0.3 is 0 Å². The van der Waals surface area contributed by atoms with Gasteiger partial charge in [-0.2, -0.15) is 0 Å². The zero-order chi connectivity index (χ0) is 9.14. The van der Waals surface area contributed by atoms with Crippen molar-refractivity contribution in [1.82, 2.24) is 0 Å². The van der Waals surface area contributed by atoms with E-state index in [4.69, 9.17) is 17.2 Å². The maximum atomic E-state index is 5.70. The predicted molar refractivity (Wildman–Crippen MR) is 54.4 cm³/mol. The summed E-state index contributed by atoms with van der Waals surface area (Å²) in [5, 5.41) is 0. The van der Waals surface area contributed by atoms with Crippen LogP contribution in [0, 0.1) is 0 Å². The third-order valence-electron chi connectivity index (χ3n) is 1.60. The number of nitrogens with two attached hydrogens (primary N) is 3. The van der Waals surface area contributed by atoms with E-state index in [1.165, 1.54) is 0 Å². The van der Waals surface area contributed by atoms with Gasteiger partial charge in [0.25, 0.3) is 0 Å². The first kappa shape index (κ1) is 8.46. The maximum Gasteiger partial charge on any atom is 0.0429 e. The molecule has 0 amide bonds.